The van der Waals surface area contributed by atoms with Gasteiger partial charge < -0.3 is 0 Å². The van der Waals surface area contributed by atoms with Crippen LogP contribution in [0.25, 0.3) is 12.2 Å². The fourth-order valence-electron chi connectivity index (χ4n) is 1.75. The molecule has 2 rings (SSSR count). The lowest BCUT2D eigenvalue weighted by molar-refractivity contribution is 1.10. The summed E-state index contributed by atoms with van der Waals surface area (Å²) >= 11 is 0. The van der Waals surface area contributed by atoms with Crippen molar-refractivity contribution in [2.45, 2.75) is 20.8 Å². The lowest BCUT2D eigenvalue weighted by atomic mass is 10.1. The van der Waals surface area contributed by atoms with Crippen LogP contribution in [-0.4, -0.2) is 9.97 Å². The molecule has 2 heteroatoms. The lowest BCUT2D eigenvalue weighted by Crippen LogP contribution is -1.87. The topological polar surface area (TPSA) is 25.8 Å². The van der Waals surface area contributed by atoms with Crippen LogP contribution in [0.1, 0.15) is 28.1 Å². The van der Waals surface area contributed by atoms with Crippen LogP contribution in [0.5, 0.6) is 0 Å². The van der Waals surface area contributed by atoms with Gasteiger partial charge in [0.05, 0.1) is 17.6 Å². The first-order valence-electron chi connectivity index (χ1n) is 5.69. The number of hydrogen-bond acceptors (Lipinski definition) is 2. The SMILES string of the molecule is Cc1ccc(/C=C/c2cncc(C)n2)c(C)c1. The Bertz CT molecular complexity index is 557. The minimum absolute atomic E-state index is 0.893. The molecule has 0 amide bonds. The molecule has 0 aliphatic heterocycles. The van der Waals surface area contributed by atoms with Crippen molar-refractivity contribution in [1.82, 2.24) is 9.97 Å². The molecule has 1 aromatic heterocycles. The number of aryl methyl sites for hydroxylation is 3. The normalized spacial score (nSPS) is 11.0. The van der Waals surface area contributed by atoms with Crippen LogP contribution in [0.2, 0.25) is 0 Å². The molecule has 1 aromatic carbocycles. The van der Waals surface area contributed by atoms with E-state index in [4.69, 9.17) is 0 Å². The monoisotopic (exact) mass is 224 g/mol. The fraction of sp³-hybridized carbons (Fsp3) is 0.200. The predicted molar refractivity (Wildman–Crippen MR) is 71.6 cm³/mol. The van der Waals surface area contributed by atoms with E-state index in [-0.39, 0.29) is 0 Å². The van der Waals surface area contributed by atoms with E-state index < -0.39 is 0 Å². The Balaban J connectivity index is 2.26. The molecule has 2 aromatic rings. The molecule has 0 unspecified atom stereocenters. The largest absolute Gasteiger partial charge is 0.261 e. The Labute approximate surface area is 102 Å². The van der Waals surface area contributed by atoms with Crippen molar-refractivity contribution in [1.29, 1.82) is 0 Å². The fourth-order valence-corrected chi connectivity index (χ4v) is 1.75. The maximum atomic E-state index is 4.39. The van der Waals surface area contributed by atoms with Crippen molar-refractivity contribution in [2.75, 3.05) is 0 Å². The summed E-state index contributed by atoms with van der Waals surface area (Å²) in [6.45, 7) is 6.17. The molecule has 0 aliphatic rings. The highest BCUT2D eigenvalue weighted by Gasteiger charge is 1.95. The highest BCUT2D eigenvalue weighted by molar-refractivity contribution is 5.69. The summed E-state index contributed by atoms with van der Waals surface area (Å²) in [6, 6.07) is 6.43. The molecule has 0 atom stereocenters. The molecular weight excluding hydrogens is 208 g/mol. The molecule has 1 heterocycles. The first-order chi connectivity index (χ1) is 8.15. The molecule has 0 saturated carbocycles. The number of rotatable bonds is 2. The standard InChI is InChI=1S/C15H16N2/c1-11-4-5-14(12(2)8-11)6-7-15-10-16-9-13(3)17-15/h4-10H,1-3H3/b7-6+. The first kappa shape index (κ1) is 11.5. The number of nitrogens with zero attached hydrogens (tertiary/aromatic N) is 2. The van der Waals surface area contributed by atoms with Crippen LogP contribution in [0.15, 0.2) is 30.6 Å². The third-order valence-electron chi connectivity index (χ3n) is 2.63. The van der Waals surface area contributed by atoms with Crippen LogP contribution in [0.4, 0.5) is 0 Å². The van der Waals surface area contributed by atoms with E-state index in [9.17, 15) is 0 Å². The Hall–Kier alpha value is -1.96. The van der Waals surface area contributed by atoms with Crippen LogP contribution in [0, 0.1) is 20.8 Å². The quantitative estimate of drug-likeness (QED) is 0.779. The van der Waals surface area contributed by atoms with E-state index in [0.29, 0.717) is 0 Å². The Morgan fingerprint density at radius 1 is 1.00 bits per heavy atom. The molecular formula is C15H16N2. The van der Waals surface area contributed by atoms with Gasteiger partial charge in [0, 0.05) is 6.20 Å². The van der Waals surface area contributed by atoms with Gasteiger partial charge in [-0.1, -0.05) is 29.8 Å². The van der Waals surface area contributed by atoms with Crippen LogP contribution >= 0.6 is 0 Å². The van der Waals surface area contributed by atoms with Crippen molar-refractivity contribution in [3.8, 4) is 0 Å². The average molecular weight is 224 g/mol. The van der Waals surface area contributed by atoms with Gasteiger partial charge in [-0.3, -0.25) is 9.97 Å². The van der Waals surface area contributed by atoms with Gasteiger partial charge in [0.25, 0.3) is 0 Å². The summed E-state index contributed by atoms with van der Waals surface area (Å²) in [4.78, 5) is 8.51. The molecule has 2 nitrogen and oxygen atoms in total. The van der Waals surface area contributed by atoms with Gasteiger partial charge in [-0.15, -0.1) is 0 Å². The zero-order valence-electron chi connectivity index (χ0n) is 10.4. The zero-order valence-corrected chi connectivity index (χ0v) is 10.4. The summed E-state index contributed by atoms with van der Waals surface area (Å²) in [7, 11) is 0. The predicted octanol–water partition coefficient (Wildman–Crippen LogP) is 3.57. The number of aromatic nitrogens is 2. The van der Waals surface area contributed by atoms with Crippen molar-refractivity contribution in [3.05, 3.63) is 58.7 Å². The van der Waals surface area contributed by atoms with Crippen molar-refractivity contribution >= 4 is 12.2 Å². The smallest absolute Gasteiger partial charge is 0.0816 e. The summed E-state index contributed by atoms with van der Waals surface area (Å²) in [5.74, 6) is 0. The third kappa shape index (κ3) is 3.00. The van der Waals surface area contributed by atoms with Crippen LogP contribution in [-0.2, 0) is 0 Å². The van der Waals surface area contributed by atoms with E-state index in [0.717, 1.165) is 11.4 Å². The van der Waals surface area contributed by atoms with Gasteiger partial charge in [-0.05, 0) is 38.0 Å². The Kier molecular flexibility index (Phi) is 3.33. The summed E-state index contributed by atoms with van der Waals surface area (Å²) in [6.07, 6.45) is 7.61. The molecule has 86 valence electrons. The lowest BCUT2D eigenvalue weighted by Gasteiger charge is -2.01. The first-order valence-corrected chi connectivity index (χ1v) is 5.69. The molecule has 0 aliphatic carbocycles. The maximum absolute atomic E-state index is 4.39. The Morgan fingerprint density at radius 2 is 1.82 bits per heavy atom. The van der Waals surface area contributed by atoms with Crippen molar-refractivity contribution < 1.29 is 0 Å². The molecule has 0 radical (unpaired) electrons. The summed E-state index contributed by atoms with van der Waals surface area (Å²) < 4.78 is 0. The molecule has 0 spiro atoms. The zero-order chi connectivity index (χ0) is 12.3. The third-order valence-corrected chi connectivity index (χ3v) is 2.63. The highest BCUT2D eigenvalue weighted by Crippen LogP contribution is 2.13. The van der Waals surface area contributed by atoms with Gasteiger partial charge in [0.2, 0.25) is 0 Å². The van der Waals surface area contributed by atoms with E-state index in [1.54, 1.807) is 12.4 Å². The van der Waals surface area contributed by atoms with Gasteiger partial charge in [0.1, 0.15) is 0 Å². The van der Waals surface area contributed by atoms with Gasteiger partial charge in [-0.25, -0.2) is 0 Å². The van der Waals surface area contributed by atoms with Gasteiger partial charge in [0.15, 0.2) is 0 Å². The molecule has 17 heavy (non-hydrogen) atoms. The maximum Gasteiger partial charge on any atom is 0.0816 e. The highest BCUT2D eigenvalue weighted by atomic mass is 14.8. The average Bonchev–Trinajstić information content (AvgIpc) is 2.28. The second-order valence-corrected chi connectivity index (χ2v) is 4.28. The number of benzene rings is 1. The van der Waals surface area contributed by atoms with E-state index in [1.165, 1.54) is 16.7 Å². The molecule has 0 bridgehead atoms. The van der Waals surface area contributed by atoms with Crippen molar-refractivity contribution in [3.63, 3.8) is 0 Å². The van der Waals surface area contributed by atoms with Gasteiger partial charge >= 0.3 is 0 Å². The second-order valence-electron chi connectivity index (χ2n) is 4.28. The van der Waals surface area contributed by atoms with Gasteiger partial charge in [-0.2, -0.15) is 0 Å². The Morgan fingerprint density at radius 3 is 2.53 bits per heavy atom. The molecule has 0 N–H and O–H groups in total. The second kappa shape index (κ2) is 4.91. The van der Waals surface area contributed by atoms with E-state index >= 15 is 0 Å². The molecule has 0 fully saturated rings. The summed E-state index contributed by atoms with van der Waals surface area (Å²) in [5, 5.41) is 0. The minimum atomic E-state index is 0.893. The van der Waals surface area contributed by atoms with Crippen LogP contribution in [0.3, 0.4) is 0 Å². The van der Waals surface area contributed by atoms with Crippen molar-refractivity contribution in [2.24, 2.45) is 0 Å². The van der Waals surface area contributed by atoms with Crippen LogP contribution < -0.4 is 0 Å². The number of hydrogen-bond donors (Lipinski definition) is 0. The summed E-state index contributed by atoms with van der Waals surface area (Å²) in [5.41, 5.74) is 5.62. The molecule has 0 saturated heterocycles. The minimum Gasteiger partial charge on any atom is -0.261 e. The van der Waals surface area contributed by atoms with E-state index in [2.05, 4.69) is 48.1 Å². The van der Waals surface area contributed by atoms with E-state index in [1.807, 2.05) is 13.0 Å².